The summed E-state index contributed by atoms with van der Waals surface area (Å²) in [7, 11) is 0. The van der Waals surface area contributed by atoms with Gasteiger partial charge >= 0.3 is 6.18 Å². The van der Waals surface area contributed by atoms with Gasteiger partial charge in [0.25, 0.3) is 0 Å². The van der Waals surface area contributed by atoms with Crippen LogP contribution in [-0.4, -0.2) is 31.3 Å². The number of fused-ring (bicyclic) bond motifs is 2. The molecule has 0 bridgehead atoms. The molecule has 3 aromatic rings. The Bertz CT molecular complexity index is 839. The smallest absolute Gasteiger partial charge is 0.347 e. The van der Waals surface area contributed by atoms with Gasteiger partial charge in [-0.1, -0.05) is 0 Å². The topological polar surface area (TPSA) is 59.7 Å². The quantitative estimate of drug-likeness (QED) is 0.687. The SMILES string of the molecule is FC(F)(F)c1nnc2n1CCN(c1ncnc3sccc13)C2. The Balaban J connectivity index is 1.71. The lowest BCUT2D eigenvalue weighted by atomic mass is 10.3. The van der Waals surface area contributed by atoms with Crippen LogP contribution in [0.15, 0.2) is 17.8 Å². The maximum absolute atomic E-state index is 12.8. The standard InChI is InChI=1S/C12H9F3N6S/c13-12(14,15)11-19-18-8-5-20(2-3-21(8)11)9-7-1-4-22-10(7)17-6-16-9/h1,4,6H,2-3,5H2. The Morgan fingerprint density at radius 3 is 2.82 bits per heavy atom. The highest BCUT2D eigenvalue weighted by atomic mass is 32.1. The second-order valence-electron chi connectivity index (χ2n) is 4.85. The average molecular weight is 326 g/mol. The van der Waals surface area contributed by atoms with Crippen LogP contribution in [-0.2, 0) is 19.3 Å². The fourth-order valence-electron chi connectivity index (χ4n) is 2.58. The molecule has 4 heterocycles. The van der Waals surface area contributed by atoms with Crippen molar-refractivity contribution in [3.63, 3.8) is 0 Å². The normalized spacial score (nSPS) is 15.3. The van der Waals surface area contributed by atoms with Crippen LogP contribution < -0.4 is 4.90 Å². The molecule has 0 atom stereocenters. The van der Waals surface area contributed by atoms with E-state index in [0.29, 0.717) is 18.2 Å². The first-order valence-corrected chi connectivity index (χ1v) is 7.34. The van der Waals surface area contributed by atoms with Crippen molar-refractivity contribution in [3.8, 4) is 0 Å². The number of halogens is 3. The van der Waals surface area contributed by atoms with Gasteiger partial charge in [-0.2, -0.15) is 13.2 Å². The maximum atomic E-state index is 12.8. The first-order valence-electron chi connectivity index (χ1n) is 6.46. The van der Waals surface area contributed by atoms with Crippen LogP contribution in [0.25, 0.3) is 10.2 Å². The molecule has 0 aromatic carbocycles. The number of alkyl halides is 3. The van der Waals surface area contributed by atoms with Crippen molar-refractivity contribution in [2.75, 3.05) is 11.4 Å². The van der Waals surface area contributed by atoms with Gasteiger partial charge in [0.1, 0.15) is 17.0 Å². The van der Waals surface area contributed by atoms with E-state index in [9.17, 15) is 13.2 Å². The highest BCUT2D eigenvalue weighted by molar-refractivity contribution is 7.16. The van der Waals surface area contributed by atoms with Crippen molar-refractivity contribution in [2.45, 2.75) is 19.3 Å². The summed E-state index contributed by atoms with van der Waals surface area (Å²) in [4.78, 5) is 11.2. The molecule has 0 unspecified atom stereocenters. The van der Waals surface area contributed by atoms with Crippen LogP contribution in [0.3, 0.4) is 0 Å². The Kier molecular flexibility index (Phi) is 2.83. The second-order valence-corrected chi connectivity index (χ2v) is 5.74. The minimum absolute atomic E-state index is 0.173. The summed E-state index contributed by atoms with van der Waals surface area (Å²) < 4.78 is 39.6. The van der Waals surface area contributed by atoms with Gasteiger partial charge in [0.2, 0.25) is 5.82 Å². The monoisotopic (exact) mass is 326 g/mol. The molecule has 1 aliphatic rings. The number of anilines is 1. The summed E-state index contributed by atoms with van der Waals surface area (Å²) in [6.45, 7) is 0.827. The van der Waals surface area contributed by atoms with Crippen LogP contribution in [0.5, 0.6) is 0 Å². The zero-order valence-corrected chi connectivity index (χ0v) is 11.9. The van der Waals surface area contributed by atoms with E-state index >= 15 is 0 Å². The van der Waals surface area contributed by atoms with Crippen molar-refractivity contribution >= 4 is 27.4 Å². The van der Waals surface area contributed by atoms with E-state index in [0.717, 1.165) is 14.8 Å². The molecular formula is C12H9F3N6S. The maximum Gasteiger partial charge on any atom is 0.451 e. The van der Waals surface area contributed by atoms with Crippen LogP contribution in [0.1, 0.15) is 11.6 Å². The lowest BCUT2D eigenvalue weighted by Crippen LogP contribution is -2.35. The third-order valence-corrected chi connectivity index (χ3v) is 4.37. The average Bonchev–Trinajstić information content (AvgIpc) is 3.11. The molecule has 0 saturated heterocycles. The van der Waals surface area contributed by atoms with Crippen LogP contribution in [0.2, 0.25) is 0 Å². The van der Waals surface area contributed by atoms with Gasteiger partial charge in [-0.3, -0.25) is 0 Å². The van der Waals surface area contributed by atoms with Crippen LogP contribution in [0, 0.1) is 0 Å². The van der Waals surface area contributed by atoms with Crippen molar-refractivity contribution < 1.29 is 13.2 Å². The summed E-state index contributed by atoms with van der Waals surface area (Å²) in [5, 5.41) is 9.77. The highest BCUT2D eigenvalue weighted by Gasteiger charge is 2.39. The minimum Gasteiger partial charge on any atom is -0.347 e. The van der Waals surface area contributed by atoms with Gasteiger partial charge in [0, 0.05) is 13.1 Å². The number of hydrogen-bond donors (Lipinski definition) is 0. The zero-order chi connectivity index (χ0) is 15.3. The summed E-state index contributed by atoms with van der Waals surface area (Å²) >= 11 is 1.50. The van der Waals surface area contributed by atoms with Gasteiger partial charge < -0.3 is 9.47 Å². The van der Waals surface area contributed by atoms with Gasteiger partial charge in [0.05, 0.1) is 11.9 Å². The summed E-state index contributed by atoms with van der Waals surface area (Å²) in [6.07, 6.45) is -3.02. The van der Waals surface area contributed by atoms with Crippen molar-refractivity contribution in [1.29, 1.82) is 0 Å². The van der Waals surface area contributed by atoms with Gasteiger partial charge in [-0.05, 0) is 11.4 Å². The Labute approximate surface area is 126 Å². The largest absolute Gasteiger partial charge is 0.451 e. The van der Waals surface area contributed by atoms with E-state index in [1.807, 2.05) is 16.3 Å². The first-order chi connectivity index (χ1) is 10.5. The van der Waals surface area contributed by atoms with Gasteiger partial charge in [-0.25, -0.2) is 9.97 Å². The molecule has 6 nitrogen and oxygen atoms in total. The molecule has 0 amide bonds. The molecule has 0 fully saturated rings. The number of rotatable bonds is 1. The minimum atomic E-state index is -4.48. The molecule has 3 aromatic heterocycles. The van der Waals surface area contributed by atoms with Crippen molar-refractivity contribution in [3.05, 3.63) is 29.4 Å². The molecule has 4 rings (SSSR count). The van der Waals surface area contributed by atoms with E-state index < -0.39 is 12.0 Å². The predicted molar refractivity (Wildman–Crippen MR) is 73.5 cm³/mol. The Morgan fingerprint density at radius 2 is 2.00 bits per heavy atom. The van der Waals surface area contributed by atoms with Crippen LogP contribution >= 0.6 is 11.3 Å². The first kappa shape index (κ1) is 13.4. The molecule has 1 aliphatic heterocycles. The molecule has 22 heavy (non-hydrogen) atoms. The molecule has 0 aliphatic carbocycles. The number of hydrogen-bond acceptors (Lipinski definition) is 6. The van der Waals surface area contributed by atoms with E-state index in [4.69, 9.17) is 0 Å². The number of thiophene rings is 1. The lowest BCUT2D eigenvalue weighted by molar-refractivity contribution is -0.147. The second kappa shape index (κ2) is 4.63. The van der Waals surface area contributed by atoms with E-state index in [1.54, 1.807) is 0 Å². The van der Waals surface area contributed by atoms with E-state index in [1.165, 1.54) is 17.7 Å². The Hall–Kier alpha value is -2.23. The van der Waals surface area contributed by atoms with Crippen molar-refractivity contribution in [1.82, 2.24) is 24.7 Å². The Morgan fingerprint density at radius 1 is 1.14 bits per heavy atom. The number of aromatic nitrogens is 5. The van der Waals surface area contributed by atoms with E-state index in [2.05, 4.69) is 20.2 Å². The fourth-order valence-corrected chi connectivity index (χ4v) is 3.30. The summed E-state index contributed by atoms with van der Waals surface area (Å²) in [5.41, 5.74) is 0. The molecule has 0 saturated carbocycles. The molecule has 10 heteroatoms. The lowest BCUT2D eigenvalue weighted by Gasteiger charge is -2.29. The van der Waals surface area contributed by atoms with Gasteiger partial charge in [0.15, 0.2) is 5.82 Å². The molecule has 0 spiro atoms. The highest BCUT2D eigenvalue weighted by Crippen LogP contribution is 2.32. The number of nitrogens with zero attached hydrogens (tertiary/aromatic N) is 6. The van der Waals surface area contributed by atoms with Crippen molar-refractivity contribution in [2.24, 2.45) is 0 Å². The fraction of sp³-hybridized carbons (Fsp3) is 0.333. The van der Waals surface area contributed by atoms with Crippen LogP contribution in [0.4, 0.5) is 19.0 Å². The summed E-state index contributed by atoms with van der Waals surface area (Å²) in [5.74, 6) is 0.0696. The molecule has 0 radical (unpaired) electrons. The molecule has 0 N–H and O–H groups in total. The third-order valence-electron chi connectivity index (χ3n) is 3.55. The predicted octanol–water partition coefficient (Wildman–Crippen LogP) is 2.32. The third kappa shape index (κ3) is 2.02. The zero-order valence-electron chi connectivity index (χ0n) is 11.1. The molecular weight excluding hydrogens is 317 g/mol. The van der Waals surface area contributed by atoms with Gasteiger partial charge in [-0.15, -0.1) is 21.5 Å². The van der Waals surface area contributed by atoms with E-state index in [-0.39, 0.29) is 13.1 Å². The summed E-state index contributed by atoms with van der Waals surface area (Å²) in [6, 6.07) is 1.91. The molecule has 114 valence electrons.